The molecule has 0 amide bonds. The average Bonchev–Trinajstić information content (AvgIpc) is 2.52. The van der Waals surface area contributed by atoms with E-state index in [1.807, 2.05) is 0 Å². The zero-order chi connectivity index (χ0) is 16.1. The number of hydrogen-bond acceptors (Lipinski definition) is 3. The molecule has 1 N–H and O–H groups in total. The highest BCUT2D eigenvalue weighted by atomic mass is 35.5. The first-order chi connectivity index (χ1) is 10.5. The molecule has 5 nitrogen and oxygen atoms in total. The van der Waals surface area contributed by atoms with Crippen LogP contribution in [-0.4, -0.2) is 23.5 Å². The molecule has 0 radical (unpaired) electrons. The van der Waals surface area contributed by atoms with E-state index >= 15 is 0 Å². The topological polar surface area (TPSA) is 68.0 Å². The summed E-state index contributed by atoms with van der Waals surface area (Å²) in [5, 5.41) is 9.00. The second-order valence-corrected chi connectivity index (χ2v) is 4.75. The third kappa shape index (κ3) is 3.62. The van der Waals surface area contributed by atoms with E-state index in [0.717, 1.165) is 0 Å². The Morgan fingerprint density at radius 2 is 2.00 bits per heavy atom. The van der Waals surface area contributed by atoms with Gasteiger partial charge in [0.2, 0.25) is 0 Å². The van der Waals surface area contributed by atoms with E-state index in [4.69, 9.17) is 28.0 Å². The number of carbonyl (C=O) groups excluding carboxylic acids is 1. The molecule has 0 bridgehead atoms. The van der Waals surface area contributed by atoms with Gasteiger partial charge in [-0.3, -0.25) is 4.79 Å². The van der Waals surface area contributed by atoms with Crippen LogP contribution in [0.1, 0.15) is 15.9 Å². The zero-order valence-electron chi connectivity index (χ0n) is 11.2. The number of ether oxygens (including phenoxy) is 1. The van der Waals surface area contributed by atoms with E-state index in [-0.39, 0.29) is 11.3 Å². The van der Waals surface area contributed by atoms with Gasteiger partial charge in [-0.05, 0) is 24.3 Å². The molecule has 2 aromatic carbocycles. The summed E-state index contributed by atoms with van der Waals surface area (Å²) >= 11 is 5.90. The fraction of sp³-hybridized carbons (Fsp3) is 0.0625. The van der Waals surface area contributed by atoms with Crippen molar-refractivity contribution >= 4 is 29.0 Å². The Kier molecular flexibility index (Phi) is 4.77. The maximum absolute atomic E-state index is 12.5. The van der Waals surface area contributed by atoms with E-state index in [1.165, 1.54) is 24.3 Å². The first-order valence-corrected chi connectivity index (χ1v) is 6.55. The first-order valence-electron chi connectivity index (χ1n) is 6.17. The highest BCUT2D eigenvalue weighted by Gasteiger charge is 2.16. The van der Waals surface area contributed by atoms with Crippen LogP contribution in [0.3, 0.4) is 0 Å². The van der Waals surface area contributed by atoms with Gasteiger partial charge in [0.1, 0.15) is 5.75 Å². The van der Waals surface area contributed by atoms with Crippen LogP contribution in [0.25, 0.3) is 4.85 Å². The van der Waals surface area contributed by atoms with E-state index < -0.39 is 18.4 Å². The van der Waals surface area contributed by atoms with E-state index in [9.17, 15) is 9.59 Å². The molecular formula is C16H10ClNO4. The number of benzene rings is 2. The molecule has 0 aliphatic carbocycles. The minimum absolute atomic E-state index is 0.130. The van der Waals surface area contributed by atoms with Crippen molar-refractivity contribution in [1.82, 2.24) is 0 Å². The third-order valence-corrected chi connectivity index (χ3v) is 3.01. The van der Waals surface area contributed by atoms with Gasteiger partial charge in [0.15, 0.2) is 18.1 Å². The molecule has 2 rings (SSSR count). The molecule has 0 spiro atoms. The van der Waals surface area contributed by atoms with Crippen molar-refractivity contribution in [1.29, 1.82) is 0 Å². The predicted molar refractivity (Wildman–Crippen MR) is 80.7 cm³/mol. The van der Waals surface area contributed by atoms with Crippen molar-refractivity contribution in [2.24, 2.45) is 0 Å². The van der Waals surface area contributed by atoms with Crippen molar-refractivity contribution in [2.75, 3.05) is 6.61 Å². The molecule has 0 heterocycles. The Bertz CT molecular complexity index is 780. The van der Waals surface area contributed by atoms with Gasteiger partial charge in [0.25, 0.3) is 0 Å². The zero-order valence-corrected chi connectivity index (χ0v) is 12.0. The maximum Gasteiger partial charge on any atom is 0.341 e. The van der Waals surface area contributed by atoms with Gasteiger partial charge in [-0.2, -0.15) is 0 Å². The summed E-state index contributed by atoms with van der Waals surface area (Å²) in [5.74, 6) is -1.42. The molecule has 22 heavy (non-hydrogen) atoms. The first kappa shape index (κ1) is 15.5. The molecule has 0 aromatic heterocycles. The van der Waals surface area contributed by atoms with Crippen LogP contribution in [0.4, 0.5) is 5.69 Å². The van der Waals surface area contributed by atoms with Crippen molar-refractivity contribution in [3.63, 3.8) is 0 Å². The van der Waals surface area contributed by atoms with Gasteiger partial charge in [0.05, 0.1) is 12.1 Å². The van der Waals surface area contributed by atoms with Gasteiger partial charge in [0, 0.05) is 10.6 Å². The van der Waals surface area contributed by atoms with Crippen LogP contribution in [0, 0.1) is 6.57 Å². The largest absolute Gasteiger partial charge is 0.481 e. The van der Waals surface area contributed by atoms with Crippen molar-refractivity contribution in [2.45, 2.75) is 0 Å². The number of carboxylic acids is 1. The van der Waals surface area contributed by atoms with Gasteiger partial charge in [-0.15, -0.1) is 0 Å². The standard InChI is InChI=1S/C16H10ClNO4/c1-18-12-4-2-3-10(7-12)16(21)13-8-11(17)5-6-14(13)22-9-15(19)20/h2-8H,9H2,(H,19,20). The fourth-order valence-corrected chi connectivity index (χ4v) is 1.99. The summed E-state index contributed by atoms with van der Waals surface area (Å²) < 4.78 is 5.11. The van der Waals surface area contributed by atoms with Gasteiger partial charge in [-0.1, -0.05) is 29.8 Å². The summed E-state index contributed by atoms with van der Waals surface area (Å²) in [6.45, 7) is 6.41. The van der Waals surface area contributed by atoms with E-state index in [0.29, 0.717) is 16.3 Å². The number of nitrogens with zero attached hydrogens (tertiary/aromatic N) is 1. The molecule has 0 aliphatic heterocycles. The quantitative estimate of drug-likeness (QED) is 0.676. The highest BCUT2D eigenvalue weighted by Crippen LogP contribution is 2.26. The Morgan fingerprint density at radius 3 is 2.68 bits per heavy atom. The Balaban J connectivity index is 2.41. The van der Waals surface area contributed by atoms with Crippen LogP contribution in [0.5, 0.6) is 5.75 Å². The molecular weight excluding hydrogens is 306 g/mol. The van der Waals surface area contributed by atoms with Crippen molar-refractivity contribution in [3.8, 4) is 5.75 Å². The lowest BCUT2D eigenvalue weighted by atomic mass is 10.0. The molecule has 6 heteroatoms. The number of rotatable bonds is 5. The van der Waals surface area contributed by atoms with Crippen LogP contribution >= 0.6 is 11.6 Å². The number of carboxylic acid groups (broad SMARTS) is 1. The normalized spacial score (nSPS) is 9.82. The number of carbonyl (C=O) groups is 2. The SMILES string of the molecule is [C-]#[N+]c1cccc(C(=O)c2cc(Cl)ccc2OCC(=O)O)c1. The molecule has 110 valence electrons. The third-order valence-electron chi connectivity index (χ3n) is 2.77. The fourth-order valence-electron chi connectivity index (χ4n) is 1.82. The Labute approximate surface area is 131 Å². The lowest BCUT2D eigenvalue weighted by Gasteiger charge is -2.10. The summed E-state index contributed by atoms with van der Waals surface area (Å²) in [5.41, 5.74) is 0.785. The van der Waals surface area contributed by atoms with Crippen LogP contribution in [-0.2, 0) is 4.79 Å². The van der Waals surface area contributed by atoms with Gasteiger partial charge in [-0.25, -0.2) is 9.64 Å². The minimum atomic E-state index is -1.15. The molecule has 0 saturated heterocycles. The van der Waals surface area contributed by atoms with E-state index in [1.54, 1.807) is 18.2 Å². The summed E-state index contributed by atoms with van der Waals surface area (Å²) in [6, 6.07) is 10.6. The van der Waals surface area contributed by atoms with Crippen LogP contribution in [0.15, 0.2) is 42.5 Å². The Morgan fingerprint density at radius 1 is 1.23 bits per heavy atom. The molecule has 0 atom stereocenters. The summed E-state index contributed by atoms with van der Waals surface area (Å²) in [6.07, 6.45) is 0. The predicted octanol–water partition coefficient (Wildman–Crippen LogP) is 3.59. The molecule has 0 unspecified atom stereocenters. The lowest BCUT2D eigenvalue weighted by molar-refractivity contribution is -0.139. The lowest BCUT2D eigenvalue weighted by Crippen LogP contribution is -2.12. The second-order valence-electron chi connectivity index (χ2n) is 4.31. The monoisotopic (exact) mass is 315 g/mol. The van der Waals surface area contributed by atoms with E-state index in [2.05, 4.69) is 4.85 Å². The van der Waals surface area contributed by atoms with Gasteiger partial charge >= 0.3 is 5.97 Å². The minimum Gasteiger partial charge on any atom is -0.481 e. The number of hydrogen-bond donors (Lipinski definition) is 1. The second kappa shape index (κ2) is 6.74. The number of halogens is 1. The highest BCUT2D eigenvalue weighted by molar-refractivity contribution is 6.31. The molecule has 0 fully saturated rings. The maximum atomic E-state index is 12.5. The molecule has 0 saturated carbocycles. The van der Waals surface area contributed by atoms with Crippen LogP contribution in [0.2, 0.25) is 5.02 Å². The Hall–Kier alpha value is -2.84. The van der Waals surface area contributed by atoms with Crippen LogP contribution < -0.4 is 4.74 Å². The average molecular weight is 316 g/mol. The smallest absolute Gasteiger partial charge is 0.341 e. The van der Waals surface area contributed by atoms with Crippen molar-refractivity contribution < 1.29 is 19.4 Å². The summed E-state index contributed by atoms with van der Waals surface area (Å²) in [4.78, 5) is 26.4. The molecule has 2 aromatic rings. The summed E-state index contributed by atoms with van der Waals surface area (Å²) in [7, 11) is 0. The van der Waals surface area contributed by atoms with Gasteiger partial charge < -0.3 is 9.84 Å². The van der Waals surface area contributed by atoms with Crippen molar-refractivity contribution in [3.05, 3.63) is 70.0 Å². The number of ketones is 1. The number of aliphatic carboxylic acids is 1. The molecule has 0 aliphatic rings.